The SMILES string of the molecule is CCOC(=O)c1ccc(OC)c(C#N)c1C(F)F. The summed E-state index contributed by atoms with van der Waals surface area (Å²) < 4.78 is 35.4. The molecule has 96 valence electrons. The quantitative estimate of drug-likeness (QED) is 0.776. The summed E-state index contributed by atoms with van der Waals surface area (Å²) >= 11 is 0. The third-order valence-electron chi connectivity index (χ3n) is 2.25. The van der Waals surface area contributed by atoms with E-state index in [0.717, 1.165) is 0 Å². The number of methoxy groups -OCH3 is 1. The van der Waals surface area contributed by atoms with Crippen molar-refractivity contribution >= 4 is 5.97 Å². The molecule has 0 saturated carbocycles. The summed E-state index contributed by atoms with van der Waals surface area (Å²) in [5, 5.41) is 8.90. The first-order valence-corrected chi connectivity index (χ1v) is 5.13. The predicted molar refractivity (Wildman–Crippen MR) is 58.6 cm³/mol. The van der Waals surface area contributed by atoms with Crippen molar-refractivity contribution in [1.29, 1.82) is 5.26 Å². The maximum Gasteiger partial charge on any atom is 0.338 e. The summed E-state index contributed by atoms with van der Waals surface area (Å²) in [7, 11) is 1.26. The predicted octanol–water partition coefficient (Wildman–Crippen LogP) is 2.68. The van der Waals surface area contributed by atoms with Crippen LogP contribution in [0.15, 0.2) is 12.1 Å². The number of esters is 1. The van der Waals surface area contributed by atoms with E-state index in [4.69, 9.17) is 10.00 Å². The fraction of sp³-hybridized carbons (Fsp3) is 0.333. The highest BCUT2D eigenvalue weighted by Crippen LogP contribution is 2.32. The highest BCUT2D eigenvalue weighted by molar-refractivity contribution is 5.92. The summed E-state index contributed by atoms with van der Waals surface area (Å²) in [6.45, 7) is 1.63. The monoisotopic (exact) mass is 255 g/mol. The van der Waals surface area contributed by atoms with Gasteiger partial charge in [-0.05, 0) is 19.1 Å². The fourth-order valence-corrected chi connectivity index (χ4v) is 1.50. The van der Waals surface area contributed by atoms with E-state index in [1.807, 2.05) is 0 Å². The van der Waals surface area contributed by atoms with Gasteiger partial charge in [0.25, 0.3) is 6.43 Å². The van der Waals surface area contributed by atoms with Crippen LogP contribution < -0.4 is 4.74 Å². The number of alkyl halides is 2. The van der Waals surface area contributed by atoms with E-state index in [1.165, 1.54) is 19.2 Å². The van der Waals surface area contributed by atoms with Crippen LogP contribution in [0, 0.1) is 11.3 Å². The van der Waals surface area contributed by atoms with Crippen LogP contribution in [0.1, 0.15) is 34.8 Å². The van der Waals surface area contributed by atoms with Crippen molar-refractivity contribution in [2.24, 2.45) is 0 Å². The van der Waals surface area contributed by atoms with Crippen molar-refractivity contribution in [2.45, 2.75) is 13.3 Å². The van der Waals surface area contributed by atoms with Gasteiger partial charge in [-0.25, -0.2) is 13.6 Å². The van der Waals surface area contributed by atoms with Gasteiger partial charge in [0, 0.05) is 0 Å². The second-order valence-corrected chi connectivity index (χ2v) is 3.24. The van der Waals surface area contributed by atoms with E-state index >= 15 is 0 Å². The number of carbonyl (C=O) groups excluding carboxylic acids is 1. The number of hydrogen-bond donors (Lipinski definition) is 0. The van der Waals surface area contributed by atoms with Crippen molar-refractivity contribution in [1.82, 2.24) is 0 Å². The van der Waals surface area contributed by atoms with Gasteiger partial charge in [0.05, 0.1) is 24.8 Å². The first-order chi connectivity index (χ1) is 8.56. The van der Waals surface area contributed by atoms with Crippen LogP contribution in [0.25, 0.3) is 0 Å². The second kappa shape index (κ2) is 5.96. The van der Waals surface area contributed by atoms with Crippen molar-refractivity contribution in [3.05, 3.63) is 28.8 Å². The summed E-state index contributed by atoms with van der Waals surface area (Å²) in [5.74, 6) is -0.882. The summed E-state index contributed by atoms with van der Waals surface area (Å²) in [6, 6.07) is 4.08. The van der Waals surface area contributed by atoms with Crippen LogP contribution in [-0.4, -0.2) is 19.7 Å². The number of nitriles is 1. The van der Waals surface area contributed by atoms with Gasteiger partial charge in [-0.2, -0.15) is 5.26 Å². The minimum atomic E-state index is -2.96. The van der Waals surface area contributed by atoms with Crippen LogP contribution >= 0.6 is 0 Å². The largest absolute Gasteiger partial charge is 0.495 e. The molecular weight excluding hydrogens is 244 g/mol. The summed E-state index contributed by atoms with van der Waals surface area (Å²) in [5.41, 5.74) is -1.32. The molecule has 0 aromatic heterocycles. The maximum atomic E-state index is 13.0. The summed E-state index contributed by atoms with van der Waals surface area (Å²) in [4.78, 5) is 11.5. The molecule has 0 aliphatic carbocycles. The lowest BCUT2D eigenvalue weighted by Gasteiger charge is -2.12. The van der Waals surface area contributed by atoms with Gasteiger partial charge in [0.15, 0.2) is 0 Å². The molecule has 0 unspecified atom stereocenters. The molecule has 0 heterocycles. The first kappa shape index (κ1) is 13.9. The zero-order valence-electron chi connectivity index (χ0n) is 9.87. The van der Waals surface area contributed by atoms with Crippen molar-refractivity contribution in [3.63, 3.8) is 0 Å². The van der Waals surface area contributed by atoms with E-state index in [9.17, 15) is 13.6 Å². The average molecular weight is 255 g/mol. The van der Waals surface area contributed by atoms with Crippen LogP contribution in [0.5, 0.6) is 5.75 Å². The molecule has 4 nitrogen and oxygen atoms in total. The molecule has 1 rings (SSSR count). The number of benzene rings is 1. The van der Waals surface area contributed by atoms with E-state index in [1.54, 1.807) is 13.0 Å². The molecule has 0 bridgehead atoms. The molecule has 0 aliphatic heterocycles. The zero-order chi connectivity index (χ0) is 13.7. The Bertz CT molecular complexity index is 495. The van der Waals surface area contributed by atoms with Crippen LogP contribution in [0.3, 0.4) is 0 Å². The third-order valence-corrected chi connectivity index (χ3v) is 2.25. The third kappa shape index (κ3) is 2.56. The normalized spacial score (nSPS) is 10.0. The van der Waals surface area contributed by atoms with Gasteiger partial charge >= 0.3 is 5.97 Å². The number of hydrogen-bond acceptors (Lipinski definition) is 4. The molecule has 6 heteroatoms. The van der Waals surface area contributed by atoms with Crippen molar-refractivity contribution < 1.29 is 23.0 Å². The molecular formula is C12H11F2NO3. The number of nitrogens with zero attached hydrogens (tertiary/aromatic N) is 1. The molecule has 0 aliphatic rings. The lowest BCUT2D eigenvalue weighted by Crippen LogP contribution is -2.10. The van der Waals surface area contributed by atoms with E-state index < -0.39 is 18.0 Å². The fourth-order valence-electron chi connectivity index (χ4n) is 1.50. The Balaban J connectivity index is 3.45. The Kier molecular flexibility index (Phi) is 4.60. The van der Waals surface area contributed by atoms with E-state index in [0.29, 0.717) is 0 Å². The maximum absolute atomic E-state index is 13.0. The minimum Gasteiger partial charge on any atom is -0.495 e. The number of rotatable bonds is 4. The molecule has 0 amide bonds. The molecule has 0 N–H and O–H groups in total. The highest BCUT2D eigenvalue weighted by Gasteiger charge is 2.25. The Hall–Kier alpha value is -2.16. The Labute approximate surface area is 103 Å². The second-order valence-electron chi connectivity index (χ2n) is 3.24. The van der Waals surface area contributed by atoms with Crippen molar-refractivity contribution in [3.8, 4) is 11.8 Å². The smallest absolute Gasteiger partial charge is 0.338 e. The molecule has 0 radical (unpaired) electrons. The molecule has 18 heavy (non-hydrogen) atoms. The van der Waals surface area contributed by atoms with Gasteiger partial charge < -0.3 is 9.47 Å². The van der Waals surface area contributed by atoms with Gasteiger partial charge in [0.2, 0.25) is 0 Å². The first-order valence-electron chi connectivity index (χ1n) is 5.13. The lowest BCUT2D eigenvalue weighted by atomic mass is 10.0. The van der Waals surface area contributed by atoms with Crippen molar-refractivity contribution in [2.75, 3.05) is 13.7 Å². The molecule has 1 aromatic carbocycles. The highest BCUT2D eigenvalue weighted by atomic mass is 19.3. The Morgan fingerprint density at radius 3 is 2.61 bits per heavy atom. The number of ether oxygens (including phenoxy) is 2. The number of halogens is 2. The molecule has 0 spiro atoms. The Morgan fingerprint density at radius 2 is 2.17 bits per heavy atom. The molecule has 0 fully saturated rings. The lowest BCUT2D eigenvalue weighted by molar-refractivity contribution is 0.0515. The van der Waals surface area contributed by atoms with Gasteiger partial charge in [0.1, 0.15) is 17.4 Å². The van der Waals surface area contributed by atoms with Gasteiger partial charge in [-0.15, -0.1) is 0 Å². The topological polar surface area (TPSA) is 59.3 Å². The average Bonchev–Trinajstić information content (AvgIpc) is 2.36. The molecule has 0 saturated heterocycles. The molecule has 0 atom stereocenters. The van der Waals surface area contributed by atoms with Crippen LogP contribution in [-0.2, 0) is 4.74 Å². The zero-order valence-corrected chi connectivity index (χ0v) is 9.87. The van der Waals surface area contributed by atoms with Crippen LogP contribution in [0.2, 0.25) is 0 Å². The van der Waals surface area contributed by atoms with E-state index in [2.05, 4.69) is 4.74 Å². The van der Waals surface area contributed by atoms with Gasteiger partial charge in [-0.1, -0.05) is 0 Å². The Morgan fingerprint density at radius 1 is 1.50 bits per heavy atom. The summed E-state index contributed by atoms with van der Waals surface area (Å²) in [6.07, 6.45) is -2.96. The standard InChI is InChI=1S/C12H11F2NO3/c1-3-18-12(16)7-4-5-9(17-2)8(6-15)10(7)11(13)14/h4-5,11H,3H2,1-2H3. The van der Waals surface area contributed by atoms with Gasteiger partial charge in [-0.3, -0.25) is 0 Å². The molecule has 1 aromatic rings. The van der Waals surface area contributed by atoms with Crippen LogP contribution in [0.4, 0.5) is 8.78 Å². The number of carbonyl (C=O) groups is 1. The van der Waals surface area contributed by atoms with E-state index in [-0.39, 0.29) is 23.5 Å². The minimum absolute atomic E-state index is 0.000786.